The zero-order valence-electron chi connectivity index (χ0n) is 68.2. The molecule has 552 valence electrons. The summed E-state index contributed by atoms with van der Waals surface area (Å²) >= 11 is 0. The van der Waals surface area contributed by atoms with Crippen LogP contribution in [0, 0.1) is 57.8 Å². The van der Waals surface area contributed by atoms with Crippen LogP contribution in [0.15, 0.2) is 279 Å². The highest BCUT2D eigenvalue weighted by Gasteiger charge is 2.25. The predicted molar refractivity (Wildman–Crippen MR) is 462 cm³/mol. The van der Waals surface area contributed by atoms with E-state index in [9.17, 15) is 0 Å². The molecule has 0 amide bonds. The van der Waals surface area contributed by atoms with E-state index in [-0.39, 0.29) is 0 Å². The first-order valence-corrected chi connectivity index (χ1v) is 39.8. The minimum absolute atomic E-state index is 0.293. The van der Waals surface area contributed by atoms with Crippen molar-refractivity contribution in [3.05, 3.63) is 329 Å². The fourth-order valence-electron chi connectivity index (χ4n) is 16.6. The van der Waals surface area contributed by atoms with E-state index in [0.29, 0.717) is 17.3 Å². The van der Waals surface area contributed by atoms with Crippen LogP contribution in [-0.4, -0.2) is 0 Å². The Hall–Kier alpha value is -10.8. The fourth-order valence-corrected chi connectivity index (χ4v) is 16.6. The molecule has 16 rings (SSSR count). The normalized spacial score (nSPS) is 12.2. The molecule has 0 radical (unpaired) electrons. The monoisotopic (exact) mass is 1430 g/mol. The van der Waals surface area contributed by atoms with Gasteiger partial charge in [0.05, 0.1) is 0 Å². The van der Waals surface area contributed by atoms with Gasteiger partial charge in [0.15, 0.2) is 0 Å². The molecule has 5 aromatic heterocycles. The van der Waals surface area contributed by atoms with Crippen LogP contribution >= 0.6 is 0 Å². The molecular weight excluding hydrogens is 1320 g/mol. The average molecular weight is 1440 g/mol. The third kappa shape index (κ3) is 18.2. The topological polar surface area (TPSA) is 19.4 Å². The van der Waals surface area contributed by atoms with E-state index in [2.05, 4.69) is 420 Å². The molecule has 0 atom stereocenters. The second-order valence-corrected chi connectivity index (χ2v) is 32.7. The largest absolute Gasteiger partial charge is 0.213 e. The van der Waals surface area contributed by atoms with Crippen LogP contribution in [0.1, 0.15) is 124 Å². The standard InChI is InChI=1S/C23H26N.C22H26N.2C21H24N.C17H16N/c1-17-8-3-6-12-20(17)23-15-14-21-19(16-18-9-4-5-10-18)11-7-13-22(21)24(23)2;1-16-9-6-7-11-18(16)21-14-13-19-17(15-22(2,3)4)10-8-12-20(19)23(21)5;1-15(2)13-17-14-21(18-10-6-5-9-16(18)3)22(4)20-12-8-7-11-19(17)20;1-15(2)14-17-9-7-11-20-19(17)12-13-21(22(20)4)18-10-6-5-8-16(18)3;1-13-7-3-5-9-15(13)17-12-11-14-8-4-6-10-16(14)18(17)2/h3,6-8,11-15,18H,4-5,9-10,16H2,1-2H3;6-14H,15H2,1-5H3;5-12,14-15H,13H2,1-4H3;5-13,15H,14H2,1-4H3;3-12H,1-2H3/q5*+1. The number of rotatable bonds is 12. The third-order valence-electron chi connectivity index (χ3n) is 22.3. The summed E-state index contributed by atoms with van der Waals surface area (Å²) in [5.74, 6) is 2.21. The van der Waals surface area contributed by atoms with Gasteiger partial charge in [0, 0.05) is 115 Å². The number of aromatic nitrogens is 5. The number of benzene rings is 10. The summed E-state index contributed by atoms with van der Waals surface area (Å²) in [5.41, 5.74) is 32.2. The third-order valence-corrected chi connectivity index (χ3v) is 22.3. The van der Waals surface area contributed by atoms with E-state index < -0.39 is 0 Å². The molecule has 1 aliphatic rings. The van der Waals surface area contributed by atoms with Crippen molar-refractivity contribution in [2.75, 3.05) is 0 Å². The Balaban J connectivity index is 0.000000127. The zero-order valence-corrected chi connectivity index (χ0v) is 68.2. The van der Waals surface area contributed by atoms with Gasteiger partial charge in [0.25, 0.3) is 0 Å². The quantitative estimate of drug-likeness (QED) is 0.109. The van der Waals surface area contributed by atoms with Crippen molar-refractivity contribution in [3.63, 3.8) is 0 Å². The molecule has 5 heterocycles. The van der Waals surface area contributed by atoms with Gasteiger partial charge in [0.1, 0.15) is 35.2 Å². The summed E-state index contributed by atoms with van der Waals surface area (Å²) in [5, 5.41) is 6.80. The Labute approximate surface area is 651 Å². The van der Waals surface area contributed by atoms with Gasteiger partial charge in [-0.2, -0.15) is 22.8 Å². The first-order chi connectivity index (χ1) is 52.5. The molecule has 1 saturated carbocycles. The minimum atomic E-state index is 0.293. The molecule has 0 unspecified atom stereocenters. The van der Waals surface area contributed by atoms with E-state index in [1.807, 2.05) is 0 Å². The van der Waals surface area contributed by atoms with Crippen LogP contribution in [-0.2, 0) is 60.9 Å². The summed E-state index contributed by atoms with van der Waals surface area (Å²) in [7, 11) is 10.8. The maximum atomic E-state index is 2.38. The number of para-hydroxylation sites is 2. The Morgan fingerprint density at radius 2 is 0.596 bits per heavy atom. The van der Waals surface area contributed by atoms with Crippen LogP contribution in [0.3, 0.4) is 0 Å². The molecule has 0 spiro atoms. The summed E-state index contributed by atoms with van der Waals surface area (Å²) in [6.07, 6.45) is 10.2. The van der Waals surface area contributed by atoms with Gasteiger partial charge in [0.2, 0.25) is 56.1 Å². The van der Waals surface area contributed by atoms with E-state index in [1.54, 1.807) is 0 Å². The van der Waals surface area contributed by atoms with E-state index in [4.69, 9.17) is 0 Å². The van der Waals surface area contributed by atoms with E-state index in [1.165, 1.54) is 193 Å². The van der Waals surface area contributed by atoms with Crippen LogP contribution in [0.4, 0.5) is 0 Å². The lowest BCUT2D eigenvalue weighted by Crippen LogP contribution is -2.32. The summed E-state index contributed by atoms with van der Waals surface area (Å²) in [4.78, 5) is 0. The smallest absolute Gasteiger partial charge is 0.194 e. The number of hydrogen-bond acceptors (Lipinski definition) is 0. The van der Waals surface area contributed by atoms with Gasteiger partial charge in [-0.15, -0.1) is 0 Å². The number of nitrogens with zero attached hydrogens (tertiary/aromatic N) is 5. The van der Waals surface area contributed by atoms with Crippen LogP contribution in [0.2, 0.25) is 0 Å². The van der Waals surface area contributed by atoms with Crippen molar-refractivity contribution in [1.29, 1.82) is 0 Å². The lowest BCUT2D eigenvalue weighted by molar-refractivity contribution is -0.633. The minimum Gasteiger partial charge on any atom is -0.194 e. The van der Waals surface area contributed by atoms with Crippen LogP contribution in [0.5, 0.6) is 0 Å². The Bertz CT molecular complexity index is 5680. The van der Waals surface area contributed by atoms with E-state index >= 15 is 0 Å². The molecule has 0 N–H and O–H groups in total. The fraction of sp³-hybridized carbons (Fsp3) is 0.279. The number of pyridine rings is 5. The maximum Gasteiger partial charge on any atom is 0.213 e. The predicted octanol–water partition coefficient (Wildman–Crippen LogP) is 23.9. The van der Waals surface area contributed by atoms with Gasteiger partial charge in [-0.25, -0.2) is 0 Å². The summed E-state index contributed by atoms with van der Waals surface area (Å²) in [6, 6.07) is 101. The maximum absolute atomic E-state index is 2.38. The first kappa shape index (κ1) is 77.9. The van der Waals surface area contributed by atoms with Gasteiger partial charge >= 0.3 is 0 Å². The average Bonchev–Trinajstić information content (AvgIpc) is 0.967. The molecule has 10 aromatic carbocycles. The van der Waals surface area contributed by atoms with Gasteiger partial charge < -0.3 is 0 Å². The van der Waals surface area contributed by atoms with Gasteiger partial charge in [-0.1, -0.05) is 226 Å². The molecule has 1 fully saturated rings. The molecule has 15 aromatic rings. The number of aryl methyl sites for hydroxylation is 10. The second kappa shape index (κ2) is 35.1. The highest BCUT2D eigenvalue weighted by molar-refractivity contribution is 5.85. The van der Waals surface area contributed by atoms with Crippen molar-refractivity contribution >= 4 is 54.5 Å². The van der Waals surface area contributed by atoms with Gasteiger partial charge in [-0.3, -0.25) is 0 Å². The van der Waals surface area contributed by atoms with Crippen molar-refractivity contribution in [2.24, 2.45) is 58.4 Å². The molecule has 109 heavy (non-hydrogen) atoms. The molecule has 1 aliphatic carbocycles. The van der Waals surface area contributed by atoms with Crippen molar-refractivity contribution in [2.45, 2.75) is 134 Å². The lowest BCUT2D eigenvalue weighted by atomic mass is 9.86. The first-order valence-electron chi connectivity index (χ1n) is 39.8. The van der Waals surface area contributed by atoms with Crippen LogP contribution in [0.25, 0.3) is 111 Å². The highest BCUT2D eigenvalue weighted by Crippen LogP contribution is 2.34. The molecule has 5 nitrogen and oxygen atoms in total. The van der Waals surface area contributed by atoms with Gasteiger partial charge in [-0.05, 0) is 200 Å². The van der Waals surface area contributed by atoms with Crippen LogP contribution < -0.4 is 22.8 Å². The lowest BCUT2D eigenvalue weighted by Gasteiger charge is -2.19. The number of hydrogen-bond donors (Lipinski definition) is 0. The Kier molecular flexibility index (Phi) is 25.1. The second-order valence-electron chi connectivity index (χ2n) is 32.7. The SMILES string of the molecule is Cc1ccccc1-c1cc(CC(C)C)c2ccccc2[n+]1C.Cc1ccccc1-c1ccc2c(CC(C)(C)C)cccc2[n+]1C.Cc1ccccc1-c1ccc2c(CC(C)C)cccc2[n+]1C.Cc1ccccc1-c1ccc2c(CC3CCCC3)cccc2[n+]1C.Cc1ccccc1-c1ccc2ccccc2[n+]1C. The number of fused-ring (bicyclic) bond motifs is 5. The molecule has 0 saturated heterocycles. The zero-order chi connectivity index (χ0) is 77.0. The summed E-state index contributed by atoms with van der Waals surface area (Å²) in [6.45, 7) is 26.9. The highest BCUT2D eigenvalue weighted by atomic mass is 15.0. The Morgan fingerprint density at radius 1 is 0.294 bits per heavy atom. The Morgan fingerprint density at radius 3 is 1.02 bits per heavy atom. The van der Waals surface area contributed by atoms with Crippen molar-refractivity contribution < 1.29 is 22.8 Å². The van der Waals surface area contributed by atoms with Crippen molar-refractivity contribution in [3.8, 4) is 56.3 Å². The molecule has 0 bridgehead atoms. The molecular formula is C104H116N5+5. The molecule has 5 heteroatoms. The van der Waals surface area contributed by atoms with Crippen molar-refractivity contribution in [1.82, 2.24) is 0 Å². The summed E-state index contributed by atoms with van der Waals surface area (Å²) < 4.78 is 11.6. The molecule has 0 aliphatic heterocycles. The van der Waals surface area contributed by atoms with E-state index in [0.717, 1.165) is 25.2 Å².